The van der Waals surface area contributed by atoms with Crippen molar-refractivity contribution in [3.05, 3.63) is 84.2 Å². The Kier molecular flexibility index (Phi) is 6.06. The summed E-state index contributed by atoms with van der Waals surface area (Å²) in [6.45, 7) is 2.42. The van der Waals surface area contributed by atoms with Crippen molar-refractivity contribution in [1.82, 2.24) is 14.8 Å². The monoisotopic (exact) mass is 466 g/mol. The number of aromatic nitrogens is 3. The molecule has 2 N–H and O–H groups in total. The number of nitrogens with two attached hydrogens (primary N) is 1. The number of rotatable bonds is 7. The van der Waals surface area contributed by atoms with Crippen molar-refractivity contribution < 1.29 is 14.3 Å². The molecule has 5 aromatic rings. The molecule has 7 heteroatoms. The number of nitrogens with zero attached hydrogens (tertiary/aromatic N) is 3. The molecule has 0 amide bonds. The zero-order valence-corrected chi connectivity index (χ0v) is 19.7. The molecule has 0 aliphatic rings. The van der Waals surface area contributed by atoms with Crippen LogP contribution in [-0.2, 0) is 29.6 Å². The van der Waals surface area contributed by atoms with Gasteiger partial charge in [-0.1, -0.05) is 42.5 Å². The molecule has 2 heterocycles. The lowest BCUT2D eigenvalue weighted by Crippen LogP contribution is -2.09. The van der Waals surface area contributed by atoms with Gasteiger partial charge in [0.15, 0.2) is 0 Å². The second kappa shape index (κ2) is 9.46. The fourth-order valence-electron chi connectivity index (χ4n) is 4.40. The zero-order chi connectivity index (χ0) is 24.4. The third kappa shape index (κ3) is 4.40. The zero-order valence-electron chi connectivity index (χ0n) is 19.7. The van der Waals surface area contributed by atoms with Crippen molar-refractivity contribution in [1.29, 1.82) is 0 Å². The lowest BCUT2D eigenvalue weighted by atomic mass is 9.97. The largest absolute Gasteiger partial charge is 0.487 e. The van der Waals surface area contributed by atoms with E-state index in [1.165, 1.54) is 0 Å². The number of ether oxygens (including phenoxy) is 2. The first-order valence-electron chi connectivity index (χ1n) is 11.5. The molecule has 7 nitrogen and oxygen atoms in total. The predicted molar refractivity (Wildman–Crippen MR) is 137 cm³/mol. The van der Waals surface area contributed by atoms with Crippen molar-refractivity contribution in [2.75, 3.05) is 12.3 Å². The van der Waals surface area contributed by atoms with E-state index in [1.54, 1.807) is 13.1 Å². The summed E-state index contributed by atoms with van der Waals surface area (Å²) in [5.74, 6) is 0.886. The topological polar surface area (TPSA) is 92.3 Å². The first kappa shape index (κ1) is 22.4. The van der Waals surface area contributed by atoms with Gasteiger partial charge in [0.05, 0.1) is 18.5 Å². The molecular formula is C28H26N4O3. The number of para-hydroxylation sites is 1. The Morgan fingerprint density at radius 3 is 2.71 bits per heavy atom. The third-order valence-electron chi connectivity index (χ3n) is 6.05. The fraction of sp³-hybridized carbons (Fsp3) is 0.179. The number of carbonyl (C=O) groups is 1. The van der Waals surface area contributed by atoms with Gasteiger partial charge in [0.25, 0.3) is 0 Å². The van der Waals surface area contributed by atoms with Crippen molar-refractivity contribution in [2.24, 2.45) is 7.05 Å². The highest BCUT2D eigenvalue weighted by Gasteiger charge is 2.15. The average molecular weight is 467 g/mol. The molecule has 3 aromatic carbocycles. The molecule has 0 aliphatic heterocycles. The molecule has 0 bridgehead atoms. The summed E-state index contributed by atoms with van der Waals surface area (Å²) >= 11 is 0. The second-order valence-corrected chi connectivity index (χ2v) is 8.28. The Hall–Kier alpha value is -4.39. The third-order valence-corrected chi connectivity index (χ3v) is 6.05. The van der Waals surface area contributed by atoms with Gasteiger partial charge in [-0.25, -0.2) is 4.98 Å². The maximum atomic E-state index is 12.0. The number of hydrogen-bond donors (Lipinski definition) is 1. The van der Waals surface area contributed by atoms with Crippen LogP contribution in [-0.4, -0.2) is 27.3 Å². The van der Waals surface area contributed by atoms with Crippen LogP contribution in [0.15, 0.2) is 72.9 Å². The Bertz CT molecular complexity index is 1540. The Labute approximate surface area is 203 Å². The maximum absolute atomic E-state index is 12.0. The molecule has 0 aliphatic carbocycles. The standard InChI is InChI=1S/C28H26N4O3/c1-3-34-27(33)16-19-7-4-5-10-26(19)35-17-24-23-15-18(11-12-25(23)32(2)31-24)20-8-6-9-22-21(20)13-14-30-28(22)29/h4-15H,3,16-17H2,1-2H3,(H2,29,30). The minimum Gasteiger partial charge on any atom is -0.487 e. The summed E-state index contributed by atoms with van der Waals surface area (Å²) in [5, 5.41) is 7.69. The van der Waals surface area contributed by atoms with Gasteiger partial charge in [-0.2, -0.15) is 5.10 Å². The number of nitrogen functional groups attached to an aromatic ring is 1. The average Bonchev–Trinajstić information content (AvgIpc) is 3.18. The van der Waals surface area contributed by atoms with E-state index in [-0.39, 0.29) is 19.0 Å². The van der Waals surface area contributed by atoms with Crippen LogP contribution in [0.1, 0.15) is 18.2 Å². The molecule has 2 aromatic heterocycles. The molecule has 0 spiro atoms. The van der Waals surface area contributed by atoms with Crippen LogP contribution in [0.25, 0.3) is 32.8 Å². The van der Waals surface area contributed by atoms with Crippen molar-refractivity contribution in [3.8, 4) is 16.9 Å². The number of fused-ring (bicyclic) bond motifs is 2. The second-order valence-electron chi connectivity index (χ2n) is 8.28. The minimum atomic E-state index is -0.276. The number of anilines is 1. The van der Waals surface area contributed by atoms with Gasteiger partial charge in [-0.3, -0.25) is 9.48 Å². The molecular weight excluding hydrogens is 440 g/mol. The summed E-state index contributed by atoms with van der Waals surface area (Å²) < 4.78 is 13.1. The molecule has 0 atom stereocenters. The smallest absolute Gasteiger partial charge is 0.310 e. The predicted octanol–water partition coefficient (Wildman–Crippen LogP) is 5.06. The SMILES string of the molecule is CCOC(=O)Cc1ccccc1OCc1nn(C)c2ccc(-c3cccc4c(N)nccc34)cc12. The number of pyridine rings is 1. The maximum Gasteiger partial charge on any atom is 0.310 e. The molecule has 0 saturated carbocycles. The highest BCUT2D eigenvalue weighted by atomic mass is 16.5. The number of esters is 1. The minimum absolute atomic E-state index is 0.163. The summed E-state index contributed by atoms with van der Waals surface area (Å²) in [5.41, 5.74) is 10.9. The van der Waals surface area contributed by atoms with E-state index in [0.29, 0.717) is 18.2 Å². The van der Waals surface area contributed by atoms with Gasteiger partial charge in [-0.05, 0) is 47.7 Å². The molecule has 0 fully saturated rings. The van der Waals surface area contributed by atoms with Gasteiger partial charge >= 0.3 is 5.97 Å². The number of hydrogen-bond acceptors (Lipinski definition) is 6. The summed E-state index contributed by atoms with van der Waals surface area (Å²) in [4.78, 5) is 16.2. The first-order chi connectivity index (χ1) is 17.0. The Morgan fingerprint density at radius 2 is 1.86 bits per heavy atom. The van der Waals surface area contributed by atoms with Crippen molar-refractivity contribution in [3.63, 3.8) is 0 Å². The van der Waals surface area contributed by atoms with E-state index >= 15 is 0 Å². The van der Waals surface area contributed by atoms with Crippen molar-refractivity contribution >= 4 is 33.5 Å². The normalized spacial score (nSPS) is 11.1. The molecule has 0 radical (unpaired) electrons. The van der Waals surface area contributed by atoms with Crippen LogP contribution < -0.4 is 10.5 Å². The fourth-order valence-corrected chi connectivity index (χ4v) is 4.40. The summed E-state index contributed by atoms with van der Waals surface area (Å²) in [6, 6.07) is 21.9. The highest BCUT2D eigenvalue weighted by Crippen LogP contribution is 2.33. The molecule has 176 valence electrons. The van der Waals surface area contributed by atoms with E-state index < -0.39 is 0 Å². The van der Waals surface area contributed by atoms with Crippen LogP contribution >= 0.6 is 0 Å². The number of carbonyl (C=O) groups excluding carboxylic acids is 1. The lowest BCUT2D eigenvalue weighted by Gasteiger charge is -2.11. The quantitative estimate of drug-likeness (QED) is 0.337. The van der Waals surface area contributed by atoms with E-state index in [0.717, 1.165) is 44.1 Å². The van der Waals surface area contributed by atoms with Gasteiger partial charge in [0.2, 0.25) is 0 Å². The molecule has 0 unspecified atom stereocenters. The van der Waals surface area contributed by atoms with Crippen LogP contribution in [0.2, 0.25) is 0 Å². The van der Waals surface area contributed by atoms with Crippen LogP contribution in [0.3, 0.4) is 0 Å². The molecule has 5 rings (SSSR count). The van der Waals surface area contributed by atoms with E-state index in [2.05, 4.69) is 29.2 Å². The van der Waals surface area contributed by atoms with Crippen LogP contribution in [0.4, 0.5) is 5.82 Å². The number of aryl methyl sites for hydroxylation is 1. The van der Waals surface area contributed by atoms with E-state index in [9.17, 15) is 4.79 Å². The van der Waals surface area contributed by atoms with E-state index in [4.69, 9.17) is 20.3 Å². The number of benzene rings is 3. The van der Waals surface area contributed by atoms with Gasteiger partial charge in [0.1, 0.15) is 23.9 Å². The molecule has 0 saturated heterocycles. The van der Waals surface area contributed by atoms with Crippen LogP contribution in [0, 0.1) is 0 Å². The summed E-state index contributed by atoms with van der Waals surface area (Å²) in [6.07, 6.45) is 1.90. The highest BCUT2D eigenvalue weighted by molar-refractivity contribution is 6.02. The Morgan fingerprint density at radius 1 is 1.00 bits per heavy atom. The van der Waals surface area contributed by atoms with Gasteiger partial charge in [-0.15, -0.1) is 0 Å². The molecule has 35 heavy (non-hydrogen) atoms. The van der Waals surface area contributed by atoms with Crippen LogP contribution in [0.5, 0.6) is 5.75 Å². The first-order valence-corrected chi connectivity index (χ1v) is 11.5. The lowest BCUT2D eigenvalue weighted by molar-refractivity contribution is -0.142. The van der Waals surface area contributed by atoms with E-state index in [1.807, 2.05) is 54.2 Å². The van der Waals surface area contributed by atoms with Gasteiger partial charge < -0.3 is 15.2 Å². The summed E-state index contributed by atoms with van der Waals surface area (Å²) in [7, 11) is 1.92. The Balaban J connectivity index is 1.48. The van der Waals surface area contributed by atoms with Crippen molar-refractivity contribution in [2.45, 2.75) is 20.0 Å². The van der Waals surface area contributed by atoms with Gasteiger partial charge in [0, 0.05) is 29.6 Å².